The van der Waals surface area contributed by atoms with Gasteiger partial charge in [-0.1, -0.05) is 5.21 Å². The third-order valence-corrected chi connectivity index (χ3v) is 4.58. The molecule has 0 aliphatic rings. The van der Waals surface area contributed by atoms with Crippen molar-refractivity contribution in [1.29, 1.82) is 0 Å². The maximum Gasteiger partial charge on any atom is 0.207 e. The lowest BCUT2D eigenvalue weighted by atomic mass is 10.3. The first-order chi connectivity index (χ1) is 13.1. The molecule has 1 N–H and O–H groups in total. The molecule has 27 heavy (non-hydrogen) atoms. The van der Waals surface area contributed by atoms with Gasteiger partial charge < -0.3 is 10.1 Å². The Balaban J connectivity index is 1.57. The maximum atomic E-state index is 13.1. The van der Waals surface area contributed by atoms with Crippen LogP contribution in [-0.4, -0.2) is 31.5 Å². The van der Waals surface area contributed by atoms with Gasteiger partial charge >= 0.3 is 0 Å². The normalized spacial score (nSPS) is 10.8. The Hall–Kier alpha value is -3.33. The first-order valence-electron chi connectivity index (χ1n) is 8.07. The smallest absolute Gasteiger partial charge is 0.207 e. The molecule has 4 aromatic rings. The molecule has 0 aliphatic heterocycles. The minimum atomic E-state index is -0.299. The summed E-state index contributed by atoms with van der Waals surface area (Å²) in [6.45, 7) is 1.87. The summed E-state index contributed by atoms with van der Waals surface area (Å²) >= 11 is 1.23. The van der Waals surface area contributed by atoms with Gasteiger partial charge in [0.05, 0.1) is 18.5 Å². The molecule has 2 aromatic heterocycles. The van der Waals surface area contributed by atoms with E-state index in [2.05, 4.69) is 25.0 Å². The van der Waals surface area contributed by atoms with Crippen molar-refractivity contribution >= 4 is 22.4 Å². The number of aromatic nitrogens is 5. The largest absolute Gasteiger partial charge is 0.497 e. The fraction of sp³-hybridized carbons (Fsp3) is 0.111. The summed E-state index contributed by atoms with van der Waals surface area (Å²) in [5, 5.41) is 12.2. The van der Waals surface area contributed by atoms with Crippen LogP contribution in [0.1, 0.15) is 5.69 Å². The van der Waals surface area contributed by atoms with Gasteiger partial charge in [0.15, 0.2) is 11.5 Å². The van der Waals surface area contributed by atoms with Crippen molar-refractivity contribution in [1.82, 2.24) is 24.4 Å². The number of hydrogen-bond acceptors (Lipinski definition) is 7. The lowest BCUT2D eigenvalue weighted by molar-refractivity contribution is 0.415. The lowest BCUT2D eigenvalue weighted by Crippen LogP contribution is -1.99. The van der Waals surface area contributed by atoms with Gasteiger partial charge in [-0.2, -0.15) is 9.36 Å². The van der Waals surface area contributed by atoms with Gasteiger partial charge in [0.25, 0.3) is 0 Å². The first kappa shape index (κ1) is 17.1. The number of benzene rings is 2. The molecule has 0 aliphatic carbocycles. The summed E-state index contributed by atoms with van der Waals surface area (Å²) in [6, 6.07) is 13.6. The van der Waals surface area contributed by atoms with E-state index in [1.807, 2.05) is 31.2 Å². The summed E-state index contributed by atoms with van der Waals surface area (Å²) in [4.78, 5) is 4.49. The van der Waals surface area contributed by atoms with Crippen LogP contribution in [0.5, 0.6) is 5.75 Å². The van der Waals surface area contributed by atoms with Gasteiger partial charge in [0, 0.05) is 17.2 Å². The maximum absolute atomic E-state index is 13.1. The Kier molecular flexibility index (Phi) is 4.51. The SMILES string of the molecule is COc1ccc(Nc2nc(-c3nnn(-c4ccc(F)cc4)c3C)ns2)cc1. The Bertz CT molecular complexity index is 1060. The second-order valence-electron chi connectivity index (χ2n) is 5.69. The number of anilines is 2. The van der Waals surface area contributed by atoms with Gasteiger partial charge in [0.2, 0.25) is 5.13 Å². The number of nitrogens with zero attached hydrogens (tertiary/aromatic N) is 5. The van der Waals surface area contributed by atoms with Crippen LogP contribution in [0.2, 0.25) is 0 Å². The van der Waals surface area contributed by atoms with Gasteiger partial charge in [-0.15, -0.1) is 5.10 Å². The number of halogens is 1. The van der Waals surface area contributed by atoms with Gasteiger partial charge in [0.1, 0.15) is 11.6 Å². The van der Waals surface area contributed by atoms with E-state index in [0.717, 1.165) is 22.8 Å². The quantitative estimate of drug-likeness (QED) is 0.562. The molecule has 4 rings (SSSR count). The third-order valence-electron chi connectivity index (χ3n) is 3.94. The molecule has 0 spiro atoms. The van der Waals surface area contributed by atoms with Crippen LogP contribution in [-0.2, 0) is 0 Å². The molecule has 0 atom stereocenters. The highest BCUT2D eigenvalue weighted by atomic mass is 32.1. The van der Waals surface area contributed by atoms with E-state index in [0.29, 0.717) is 16.6 Å². The molecule has 0 saturated carbocycles. The van der Waals surface area contributed by atoms with E-state index in [1.54, 1.807) is 23.9 Å². The Labute approximate surface area is 158 Å². The van der Waals surface area contributed by atoms with E-state index < -0.39 is 0 Å². The molecule has 136 valence electrons. The molecule has 0 fully saturated rings. The van der Waals surface area contributed by atoms with Crippen molar-refractivity contribution in [3.8, 4) is 23.0 Å². The first-order valence-corrected chi connectivity index (χ1v) is 8.85. The van der Waals surface area contributed by atoms with E-state index in [1.165, 1.54) is 23.7 Å². The molecule has 7 nitrogen and oxygen atoms in total. The molecule has 9 heteroatoms. The van der Waals surface area contributed by atoms with Crippen LogP contribution < -0.4 is 10.1 Å². The summed E-state index contributed by atoms with van der Waals surface area (Å²) < 4.78 is 24.3. The average molecular weight is 382 g/mol. The highest BCUT2D eigenvalue weighted by molar-refractivity contribution is 7.09. The highest BCUT2D eigenvalue weighted by Crippen LogP contribution is 2.26. The average Bonchev–Trinajstić information content (AvgIpc) is 3.29. The summed E-state index contributed by atoms with van der Waals surface area (Å²) in [6.07, 6.45) is 0. The number of methoxy groups -OCH3 is 1. The third kappa shape index (κ3) is 3.49. The highest BCUT2D eigenvalue weighted by Gasteiger charge is 2.16. The van der Waals surface area contributed by atoms with Crippen molar-refractivity contribution < 1.29 is 9.13 Å². The molecule has 0 bridgehead atoms. The minimum Gasteiger partial charge on any atom is -0.497 e. The van der Waals surface area contributed by atoms with E-state index in [-0.39, 0.29) is 5.82 Å². The monoisotopic (exact) mass is 382 g/mol. The zero-order chi connectivity index (χ0) is 18.8. The number of ether oxygens (including phenoxy) is 1. The van der Waals surface area contributed by atoms with Crippen LogP contribution in [0.3, 0.4) is 0 Å². The Morgan fingerprint density at radius 1 is 1.07 bits per heavy atom. The number of hydrogen-bond donors (Lipinski definition) is 1. The summed E-state index contributed by atoms with van der Waals surface area (Å²) in [5.74, 6) is 0.973. The summed E-state index contributed by atoms with van der Waals surface area (Å²) in [5.41, 5.74) is 2.96. The molecule has 2 heterocycles. The molecule has 2 aromatic carbocycles. The second kappa shape index (κ2) is 7.12. The van der Waals surface area contributed by atoms with Crippen LogP contribution in [0.25, 0.3) is 17.2 Å². The van der Waals surface area contributed by atoms with Crippen LogP contribution >= 0.6 is 11.5 Å². The molecule has 0 saturated heterocycles. The Morgan fingerprint density at radius 2 is 1.81 bits per heavy atom. The van der Waals surface area contributed by atoms with Gasteiger partial charge in [-0.25, -0.2) is 9.07 Å². The van der Waals surface area contributed by atoms with Crippen LogP contribution in [0.4, 0.5) is 15.2 Å². The molecule has 0 radical (unpaired) electrons. The van der Waals surface area contributed by atoms with Gasteiger partial charge in [-0.05, 0) is 55.5 Å². The summed E-state index contributed by atoms with van der Waals surface area (Å²) in [7, 11) is 1.63. The molecule has 0 unspecified atom stereocenters. The van der Waals surface area contributed by atoms with Gasteiger partial charge in [-0.3, -0.25) is 0 Å². The van der Waals surface area contributed by atoms with Crippen molar-refractivity contribution in [2.24, 2.45) is 0 Å². The fourth-order valence-corrected chi connectivity index (χ4v) is 3.12. The van der Waals surface area contributed by atoms with Crippen molar-refractivity contribution in [3.63, 3.8) is 0 Å². The standard InChI is InChI=1S/C18H15FN6OS/c1-11-16(22-24-25(11)14-7-3-12(19)4-8-14)17-21-18(27-23-17)20-13-5-9-15(26-2)10-6-13/h3-10H,1-2H3,(H,20,21,23). The molecular weight excluding hydrogens is 367 g/mol. The minimum absolute atomic E-state index is 0.299. The topological polar surface area (TPSA) is 77.8 Å². The van der Waals surface area contributed by atoms with Crippen LogP contribution in [0.15, 0.2) is 48.5 Å². The van der Waals surface area contributed by atoms with E-state index >= 15 is 0 Å². The number of rotatable bonds is 5. The van der Waals surface area contributed by atoms with E-state index in [4.69, 9.17) is 4.74 Å². The molecular formula is C18H15FN6OS. The predicted molar refractivity (Wildman–Crippen MR) is 101 cm³/mol. The lowest BCUT2D eigenvalue weighted by Gasteiger charge is -2.03. The number of nitrogens with one attached hydrogen (secondary N) is 1. The van der Waals surface area contributed by atoms with Crippen LogP contribution in [0, 0.1) is 12.7 Å². The fourth-order valence-electron chi connectivity index (χ4n) is 2.53. The zero-order valence-corrected chi connectivity index (χ0v) is 15.4. The predicted octanol–water partition coefficient (Wildman–Crippen LogP) is 3.99. The second-order valence-corrected chi connectivity index (χ2v) is 6.44. The molecule has 0 amide bonds. The van der Waals surface area contributed by atoms with E-state index in [9.17, 15) is 4.39 Å². The Morgan fingerprint density at radius 3 is 2.52 bits per heavy atom. The van der Waals surface area contributed by atoms with Crippen molar-refractivity contribution in [2.75, 3.05) is 12.4 Å². The van der Waals surface area contributed by atoms with Crippen molar-refractivity contribution in [2.45, 2.75) is 6.92 Å². The zero-order valence-electron chi connectivity index (χ0n) is 14.5. The van der Waals surface area contributed by atoms with Crippen molar-refractivity contribution in [3.05, 3.63) is 60.0 Å².